The van der Waals surface area contributed by atoms with Crippen molar-refractivity contribution in [2.75, 3.05) is 21.6 Å². The first-order chi connectivity index (χ1) is 15.3. The minimum Gasteiger partial charge on any atom is -0.328 e. The SMILES string of the molecule is CS(=O)(=O)Nc1ccccc1Cn1ccc2cnc(Nc3ccc4c(c3)CC(=O)N4)nc21. The molecule has 0 radical (unpaired) electrons. The molecule has 3 heterocycles. The van der Waals surface area contributed by atoms with Gasteiger partial charge >= 0.3 is 0 Å². The van der Waals surface area contributed by atoms with Crippen LogP contribution in [0.4, 0.5) is 23.0 Å². The average molecular weight is 449 g/mol. The van der Waals surface area contributed by atoms with Crippen LogP contribution >= 0.6 is 0 Å². The molecule has 1 aliphatic rings. The number of carbonyl (C=O) groups excluding carboxylic acids is 1. The molecule has 0 bridgehead atoms. The number of amides is 1. The van der Waals surface area contributed by atoms with E-state index in [2.05, 4.69) is 25.3 Å². The van der Waals surface area contributed by atoms with Crippen LogP contribution in [0.1, 0.15) is 11.1 Å². The highest BCUT2D eigenvalue weighted by molar-refractivity contribution is 7.92. The number of fused-ring (bicyclic) bond motifs is 2. The minimum atomic E-state index is -3.39. The topological polar surface area (TPSA) is 118 Å². The van der Waals surface area contributed by atoms with Crippen molar-refractivity contribution >= 4 is 50.0 Å². The second-order valence-corrected chi connectivity index (χ2v) is 9.42. The third-order valence-corrected chi connectivity index (χ3v) is 5.73. The van der Waals surface area contributed by atoms with Gasteiger partial charge in [-0.1, -0.05) is 18.2 Å². The van der Waals surface area contributed by atoms with Crippen LogP contribution in [0, 0.1) is 0 Å². The predicted molar refractivity (Wildman–Crippen MR) is 124 cm³/mol. The molecule has 4 aromatic rings. The number of aromatic nitrogens is 3. The van der Waals surface area contributed by atoms with Gasteiger partial charge in [0.05, 0.1) is 24.9 Å². The summed E-state index contributed by atoms with van der Waals surface area (Å²) in [5.41, 5.74) is 4.62. The first-order valence-corrected chi connectivity index (χ1v) is 11.8. The molecule has 0 fully saturated rings. The lowest BCUT2D eigenvalue weighted by Crippen LogP contribution is -2.12. The Morgan fingerprint density at radius 1 is 1.16 bits per heavy atom. The number of para-hydroxylation sites is 1. The maximum absolute atomic E-state index is 11.7. The van der Waals surface area contributed by atoms with E-state index in [1.807, 2.05) is 47.2 Å². The Bertz CT molecular complexity index is 1460. The Labute approximate surface area is 184 Å². The summed E-state index contributed by atoms with van der Waals surface area (Å²) >= 11 is 0. The van der Waals surface area contributed by atoms with Crippen molar-refractivity contribution in [2.45, 2.75) is 13.0 Å². The van der Waals surface area contributed by atoms with Gasteiger partial charge in [-0.05, 0) is 41.5 Å². The number of rotatable bonds is 6. The summed E-state index contributed by atoms with van der Waals surface area (Å²) < 4.78 is 27.9. The molecule has 2 aromatic heterocycles. The molecule has 2 aromatic carbocycles. The largest absolute Gasteiger partial charge is 0.328 e. The number of nitrogens with zero attached hydrogens (tertiary/aromatic N) is 3. The molecular weight excluding hydrogens is 428 g/mol. The molecule has 0 aliphatic carbocycles. The van der Waals surface area contributed by atoms with Crippen molar-refractivity contribution in [3.05, 3.63) is 72.1 Å². The summed E-state index contributed by atoms with van der Waals surface area (Å²) in [6.07, 6.45) is 5.12. The summed E-state index contributed by atoms with van der Waals surface area (Å²) in [6, 6.07) is 14.8. The van der Waals surface area contributed by atoms with E-state index in [9.17, 15) is 13.2 Å². The number of nitrogens with one attached hydrogen (secondary N) is 3. The van der Waals surface area contributed by atoms with Crippen LogP contribution in [0.3, 0.4) is 0 Å². The molecule has 5 rings (SSSR count). The van der Waals surface area contributed by atoms with Gasteiger partial charge in [0.25, 0.3) is 0 Å². The molecule has 9 nitrogen and oxygen atoms in total. The van der Waals surface area contributed by atoms with Crippen molar-refractivity contribution in [1.29, 1.82) is 0 Å². The molecular formula is C22H20N6O3S. The molecule has 0 spiro atoms. The standard InChI is InChI=1S/C22H20N6O3S/c1-32(30,31)27-19-5-3-2-4-15(19)13-28-9-8-14-12-23-22(26-21(14)28)24-17-6-7-18-16(10-17)11-20(29)25-18/h2-10,12,27H,11,13H2,1H3,(H,25,29)(H,23,24,26). The van der Waals surface area contributed by atoms with Gasteiger partial charge in [-0.3, -0.25) is 9.52 Å². The zero-order valence-corrected chi connectivity index (χ0v) is 18.0. The van der Waals surface area contributed by atoms with Crippen molar-refractivity contribution in [3.8, 4) is 0 Å². The predicted octanol–water partition coefficient (Wildman–Crippen LogP) is 3.09. The van der Waals surface area contributed by atoms with E-state index in [0.717, 1.165) is 39.8 Å². The Hall–Kier alpha value is -3.92. The van der Waals surface area contributed by atoms with Crippen LogP contribution in [-0.2, 0) is 27.8 Å². The van der Waals surface area contributed by atoms with Gasteiger partial charge in [-0.25, -0.2) is 13.4 Å². The van der Waals surface area contributed by atoms with Crippen LogP contribution in [0.2, 0.25) is 0 Å². The first-order valence-electron chi connectivity index (χ1n) is 9.91. The molecule has 0 saturated heterocycles. The van der Waals surface area contributed by atoms with Crippen LogP contribution < -0.4 is 15.4 Å². The fraction of sp³-hybridized carbons (Fsp3) is 0.136. The second kappa shape index (κ2) is 7.65. The minimum absolute atomic E-state index is 0.0155. The molecule has 1 amide bonds. The van der Waals surface area contributed by atoms with Crippen LogP contribution in [0.15, 0.2) is 60.9 Å². The zero-order chi connectivity index (χ0) is 22.3. The van der Waals surface area contributed by atoms with Gasteiger partial charge < -0.3 is 15.2 Å². The summed E-state index contributed by atoms with van der Waals surface area (Å²) in [4.78, 5) is 20.6. The summed E-state index contributed by atoms with van der Waals surface area (Å²) in [7, 11) is -3.39. The summed E-state index contributed by atoms with van der Waals surface area (Å²) in [5, 5.41) is 6.88. The van der Waals surface area contributed by atoms with Crippen LogP contribution in [-0.4, -0.2) is 35.1 Å². The summed E-state index contributed by atoms with van der Waals surface area (Å²) in [6.45, 7) is 0.436. The Morgan fingerprint density at radius 2 is 2.00 bits per heavy atom. The fourth-order valence-electron chi connectivity index (χ4n) is 3.74. The number of hydrogen-bond acceptors (Lipinski definition) is 6. The maximum Gasteiger partial charge on any atom is 0.229 e. The number of benzene rings is 2. The van der Waals surface area contributed by atoms with Gasteiger partial charge in [0, 0.05) is 29.2 Å². The van der Waals surface area contributed by atoms with Crippen molar-refractivity contribution in [2.24, 2.45) is 0 Å². The molecule has 162 valence electrons. The van der Waals surface area contributed by atoms with E-state index in [1.165, 1.54) is 0 Å². The van der Waals surface area contributed by atoms with Gasteiger partial charge in [-0.15, -0.1) is 0 Å². The van der Waals surface area contributed by atoms with Gasteiger partial charge in [0.1, 0.15) is 5.65 Å². The third kappa shape index (κ3) is 4.12. The lowest BCUT2D eigenvalue weighted by Gasteiger charge is -2.12. The van der Waals surface area contributed by atoms with E-state index in [4.69, 9.17) is 0 Å². The molecule has 0 unspecified atom stereocenters. The Balaban J connectivity index is 1.43. The number of sulfonamides is 1. The quantitative estimate of drug-likeness (QED) is 0.417. The zero-order valence-electron chi connectivity index (χ0n) is 17.2. The molecule has 3 N–H and O–H groups in total. The first kappa shape index (κ1) is 20.0. The van der Waals surface area contributed by atoms with Gasteiger partial charge in [0.15, 0.2) is 0 Å². The smallest absolute Gasteiger partial charge is 0.229 e. The third-order valence-electron chi connectivity index (χ3n) is 5.14. The lowest BCUT2D eigenvalue weighted by molar-refractivity contribution is -0.115. The van der Waals surface area contributed by atoms with Crippen molar-refractivity contribution in [3.63, 3.8) is 0 Å². The van der Waals surface area contributed by atoms with E-state index >= 15 is 0 Å². The molecule has 0 atom stereocenters. The number of hydrogen-bond donors (Lipinski definition) is 3. The fourth-order valence-corrected chi connectivity index (χ4v) is 4.33. The highest BCUT2D eigenvalue weighted by atomic mass is 32.2. The average Bonchev–Trinajstić information content (AvgIpc) is 3.30. The van der Waals surface area contributed by atoms with E-state index < -0.39 is 10.0 Å². The van der Waals surface area contributed by atoms with Crippen LogP contribution in [0.25, 0.3) is 11.0 Å². The molecule has 32 heavy (non-hydrogen) atoms. The lowest BCUT2D eigenvalue weighted by atomic mass is 10.1. The molecule has 0 saturated carbocycles. The Morgan fingerprint density at radius 3 is 2.84 bits per heavy atom. The van der Waals surface area contributed by atoms with Crippen molar-refractivity contribution < 1.29 is 13.2 Å². The number of carbonyl (C=O) groups is 1. The monoisotopic (exact) mass is 448 g/mol. The number of anilines is 4. The summed E-state index contributed by atoms with van der Waals surface area (Å²) in [5.74, 6) is 0.413. The van der Waals surface area contributed by atoms with E-state index in [0.29, 0.717) is 24.6 Å². The Kier molecular flexibility index (Phi) is 4.78. The highest BCUT2D eigenvalue weighted by Gasteiger charge is 2.18. The molecule has 1 aliphatic heterocycles. The van der Waals surface area contributed by atoms with Gasteiger partial charge in [-0.2, -0.15) is 4.98 Å². The van der Waals surface area contributed by atoms with Crippen molar-refractivity contribution in [1.82, 2.24) is 14.5 Å². The normalized spacial score (nSPS) is 13.1. The second-order valence-electron chi connectivity index (χ2n) is 7.67. The van der Waals surface area contributed by atoms with E-state index in [1.54, 1.807) is 18.3 Å². The van der Waals surface area contributed by atoms with Gasteiger partial charge in [0.2, 0.25) is 21.9 Å². The maximum atomic E-state index is 11.7. The van der Waals surface area contributed by atoms with Crippen LogP contribution in [0.5, 0.6) is 0 Å². The molecule has 10 heteroatoms. The highest BCUT2D eigenvalue weighted by Crippen LogP contribution is 2.27. The van der Waals surface area contributed by atoms with E-state index in [-0.39, 0.29) is 5.91 Å².